The Morgan fingerprint density at radius 1 is 1.58 bits per heavy atom. The van der Waals surface area contributed by atoms with E-state index in [2.05, 4.69) is 5.32 Å². The third kappa shape index (κ3) is 4.68. The molecule has 0 fully saturated rings. The molecule has 0 aliphatic heterocycles. The second kappa shape index (κ2) is 5.54. The van der Waals surface area contributed by atoms with E-state index in [0.29, 0.717) is 6.54 Å². The van der Waals surface area contributed by atoms with Crippen LogP contribution in [0.2, 0.25) is 0 Å². The minimum Gasteiger partial charge on any atom is -0.548 e. The summed E-state index contributed by atoms with van der Waals surface area (Å²) < 4.78 is 0. The number of rotatable bonds is 5. The first-order valence-electron chi connectivity index (χ1n) is 3.81. The highest BCUT2D eigenvalue weighted by Gasteiger charge is 2.06. The van der Waals surface area contributed by atoms with Crippen molar-refractivity contribution in [2.75, 3.05) is 6.54 Å². The number of nitrogens with two attached hydrogens (primary N) is 1. The zero-order chi connectivity index (χ0) is 9.56. The molecule has 5 heteroatoms. The van der Waals surface area contributed by atoms with E-state index in [1.165, 1.54) is 0 Å². The largest absolute Gasteiger partial charge is 0.548 e. The maximum Gasteiger partial charge on any atom is 0.220 e. The lowest BCUT2D eigenvalue weighted by Gasteiger charge is -2.11. The van der Waals surface area contributed by atoms with Crippen LogP contribution < -0.4 is 16.2 Å². The summed E-state index contributed by atoms with van der Waals surface area (Å²) in [5.41, 5.74) is 5.12. The number of amides is 1. The summed E-state index contributed by atoms with van der Waals surface area (Å²) in [4.78, 5) is 20.9. The molecule has 0 heterocycles. The number of carbonyl (C=O) groups is 2. The molecule has 0 rings (SSSR count). The highest BCUT2D eigenvalue weighted by Crippen LogP contribution is 1.92. The van der Waals surface area contributed by atoms with Crippen LogP contribution in [0.5, 0.6) is 0 Å². The monoisotopic (exact) mass is 173 g/mol. The summed E-state index contributed by atoms with van der Waals surface area (Å²) >= 11 is 0. The topological polar surface area (TPSA) is 95.2 Å². The lowest BCUT2D eigenvalue weighted by atomic mass is 10.1. The highest BCUT2D eigenvalue weighted by molar-refractivity contribution is 5.77. The Morgan fingerprint density at radius 2 is 2.17 bits per heavy atom. The first kappa shape index (κ1) is 10.9. The van der Waals surface area contributed by atoms with Gasteiger partial charge in [0.25, 0.3) is 0 Å². The van der Waals surface area contributed by atoms with Gasteiger partial charge in [0.15, 0.2) is 0 Å². The molecule has 12 heavy (non-hydrogen) atoms. The van der Waals surface area contributed by atoms with E-state index >= 15 is 0 Å². The lowest BCUT2D eigenvalue weighted by Crippen LogP contribution is -2.42. The highest BCUT2D eigenvalue weighted by atomic mass is 16.4. The van der Waals surface area contributed by atoms with Gasteiger partial charge in [0.05, 0.1) is 5.97 Å². The maximum atomic E-state index is 10.8. The van der Waals surface area contributed by atoms with Gasteiger partial charge in [-0.15, -0.1) is 0 Å². The van der Waals surface area contributed by atoms with Crippen molar-refractivity contribution in [3.63, 3.8) is 0 Å². The number of hydrogen-bond acceptors (Lipinski definition) is 4. The molecule has 0 aromatic rings. The van der Waals surface area contributed by atoms with Crippen molar-refractivity contribution in [1.29, 1.82) is 0 Å². The molecule has 0 radical (unpaired) electrons. The van der Waals surface area contributed by atoms with Crippen LogP contribution in [0.4, 0.5) is 0 Å². The smallest absolute Gasteiger partial charge is 0.220 e. The van der Waals surface area contributed by atoms with Crippen molar-refractivity contribution in [3.05, 3.63) is 0 Å². The van der Waals surface area contributed by atoms with Gasteiger partial charge in [-0.2, -0.15) is 0 Å². The van der Waals surface area contributed by atoms with E-state index in [1.807, 2.05) is 0 Å². The first-order valence-corrected chi connectivity index (χ1v) is 3.81. The van der Waals surface area contributed by atoms with Gasteiger partial charge in [-0.1, -0.05) is 0 Å². The molecule has 0 saturated heterocycles. The molecule has 0 saturated carbocycles. The van der Waals surface area contributed by atoms with E-state index in [9.17, 15) is 14.7 Å². The number of nitrogens with one attached hydrogen (secondary N) is 1. The number of carbonyl (C=O) groups excluding carboxylic acids is 2. The molecule has 1 amide bonds. The number of carboxylic acids is 1. The van der Waals surface area contributed by atoms with E-state index in [-0.39, 0.29) is 18.7 Å². The summed E-state index contributed by atoms with van der Waals surface area (Å²) in [6, 6.07) is -1.05. The third-order valence-electron chi connectivity index (χ3n) is 1.36. The minimum absolute atomic E-state index is 0.119. The third-order valence-corrected chi connectivity index (χ3v) is 1.36. The van der Waals surface area contributed by atoms with Crippen molar-refractivity contribution in [2.45, 2.75) is 25.8 Å². The van der Waals surface area contributed by atoms with Gasteiger partial charge in [-0.05, 0) is 13.3 Å². The van der Waals surface area contributed by atoms with Crippen LogP contribution in [-0.4, -0.2) is 24.5 Å². The maximum absolute atomic E-state index is 10.8. The van der Waals surface area contributed by atoms with Crippen LogP contribution in [0.25, 0.3) is 0 Å². The summed E-state index contributed by atoms with van der Waals surface area (Å²) in [5.74, 6) is -1.51. The van der Waals surface area contributed by atoms with Crippen molar-refractivity contribution < 1.29 is 14.7 Å². The van der Waals surface area contributed by atoms with Gasteiger partial charge in [-0.3, -0.25) is 4.79 Å². The molecule has 0 aliphatic rings. The predicted octanol–water partition coefficient (Wildman–Crippen LogP) is -2.02. The number of carboxylic acid groups (broad SMARTS) is 1. The lowest BCUT2D eigenvalue weighted by molar-refractivity contribution is -0.307. The van der Waals surface area contributed by atoms with Gasteiger partial charge in [0, 0.05) is 19.0 Å². The van der Waals surface area contributed by atoms with Crippen molar-refractivity contribution >= 4 is 11.9 Å². The summed E-state index contributed by atoms with van der Waals surface area (Å²) in [6.07, 6.45) is 0.247. The zero-order valence-electron chi connectivity index (χ0n) is 7.00. The molecule has 0 aromatic heterocycles. The molecule has 0 spiro atoms. The molecular weight excluding hydrogens is 160 g/mol. The molecule has 3 N–H and O–H groups in total. The number of hydrogen-bond donors (Lipinski definition) is 2. The Balaban J connectivity index is 3.54. The summed E-state index contributed by atoms with van der Waals surface area (Å²) in [5, 5.41) is 12.6. The van der Waals surface area contributed by atoms with Crippen LogP contribution >= 0.6 is 0 Å². The average molecular weight is 173 g/mol. The number of aliphatic carboxylic acids is 1. The molecule has 1 atom stereocenters. The van der Waals surface area contributed by atoms with Crippen molar-refractivity contribution in [1.82, 2.24) is 5.32 Å². The Kier molecular flexibility index (Phi) is 5.03. The van der Waals surface area contributed by atoms with Gasteiger partial charge >= 0.3 is 0 Å². The van der Waals surface area contributed by atoms with E-state index < -0.39 is 12.0 Å². The van der Waals surface area contributed by atoms with Gasteiger partial charge in [0.2, 0.25) is 5.91 Å². The van der Waals surface area contributed by atoms with Crippen molar-refractivity contribution in [2.24, 2.45) is 5.73 Å². The van der Waals surface area contributed by atoms with Crippen LogP contribution in [-0.2, 0) is 9.59 Å². The van der Waals surface area contributed by atoms with Crippen LogP contribution in [0.1, 0.15) is 19.8 Å². The molecule has 0 unspecified atom stereocenters. The molecule has 0 aromatic carbocycles. The average Bonchev–Trinajstić information content (AvgIpc) is 2.00. The normalized spacial score (nSPS) is 12.2. The van der Waals surface area contributed by atoms with Gasteiger partial charge < -0.3 is 21.0 Å². The second-order valence-corrected chi connectivity index (χ2v) is 2.42. The Hall–Kier alpha value is -1.10. The quantitative estimate of drug-likeness (QED) is 0.501. The van der Waals surface area contributed by atoms with Gasteiger partial charge in [-0.25, -0.2) is 0 Å². The van der Waals surface area contributed by atoms with Crippen LogP contribution in [0, 0.1) is 0 Å². The SMILES string of the molecule is CCNC(=O)CC[C@H](N)C(=O)[O-]. The Bertz CT molecular complexity index is 170. The zero-order valence-corrected chi connectivity index (χ0v) is 7.00. The summed E-state index contributed by atoms with van der Waals surface area (Å²) in [7, 11) is 0. The van der Waals surface area contributed by atoms with E-state index in [4.69, 9.17) is 5.73 Å². The Labute approximate surface area is 70.9 Å². The summed E-state index contributed by atoms with van der Waals surface area (Å²) in [6.45, 7) is 2.33. The molecule has 0 bridgehead atoms. The Morgan fingerprint density at radius 3 is 2.58 bits per heavy atom. The fourth-order valence-electron chi connectivity index (χ4n) is 0.690. The fraction of sp³-hybridized carbons (Fsp3) is 0.714. The minimum atomic E-state index is -1.32. The predicted molar refractivity (Wildman–Crippen MR) is 40.9 cm³/mol. The van der Waals surface area contributed by atoms with E-state index in [1.54, 1.807) is 6.92 Å². The molecule has 70 valence electrons. The molecular formula is C7H13N2O3-. The standard InChI is InChI=1S/C7H14N2O3/c1-2-9-6(10)4-3-5(8)7(11)12/h5H,2-4,8H2,1H3,(H,9,10)(H,11,12)/p-1/t5-/m0/s1. The van der Waals surface area contributed by atoms with Crippen LogP contribution in [0.15, 0.2) is 0 Å². The first-order chi connectivity index (χ1) is 5.57. The fourth-order valence-corrected chi connectivity index (χ4v) is 0.690. The molecule has 5 nitrogen and oxygen atoms in total. The second-order valence-electron chi connectivity index (χ2n) is 2.42. The van der Waals surface area contributed by atoms with Crippen LogP contribution in [0.3, 0.4) is 0 Å². The molecule has 0 aliphatic carbocycles. The van der Waals surface area contributed by atoms with Gasteiger partial charge in [0.1, 0.15) is 0 Å². The van der Waals surface area contributed by atoms with Crippen molar-refractivity contribution in [3.8, 4) is 0 Å². The van der Waals surface area contributed by atoms with E-state index in [0.717, 1.165) is 0 Å².